The van der Waals surface area contributed by atoms with Crippen LogP contribution in [-0.2, 0) is 9.53 Å². The minimum atomic E-state index is -0.545. The Kier molecular flexibility index (Phi) is 6.26. The van der Waals surface area contributed by atoms with Crippen LogP contribution in [0.3, 0.4) is 0 Å². The number of halogens is 2. The number of ether oxygens (including phenoxy) is 1. The summed E-state index contributed by atoms with van der Waals surface area (Å²) in [6.07, 6.45) is 3.23. The molecule has 27 heavy (non-hydrogen) atoms. The first kappa shape index (κ1) is 19.1. The van der Waals surface area contributed by atoms with Gasteiger partial charge in [-0.2, -0.15) is 0 Å². The molecule has 2 aromatic carbocycles. The molecule has 1 heterocycles. The lowest BCUT2D eigenvalue weighted by Crippen LogP contribution is -2.15. The molecule has 3 aromatic rings. The zero-order chi connectivity index (χ0) is 19.2. The van der Waals surface area contributed by atoms with E-state index in [0.29, 0.717) is 21.4 Å². The van der Waals surface area contributed by atoms with Crippen LogP contribution in [0.25, 0.3) is 5.69 Å². The molecule has 0 aliphatic heterocycles. The van der Waals surface area contributed by atoms with Crippen molar-refractivity contribution in [2.45, 2.75) is 5.16 Å². The van der Waals surface area contributed by atoms with Gasteiger partial charge < -0.3 is 4.74 Å². The third kappa shape index (κ3) is 5.18. The Bertz CT molecular complexity index is 960. The molecule has 0 saturated carbocycles. The number of carbonyl (C=O) groups excluding carboxylic acids is 2. The molecule has 0 saturated heterocycles. The van der Waals surface area contributed by atoms with Crippen molar-refractivity contribution < 1.29 is 18.7 Å². The number of hydrogen-bond acceptors (Lipinski definition) is 5. The van der Waals surface area contributed by atoms with E-state index < -0.39 is 5.97 Å². The van der Waals surface area contributed by atoms with Crippen LogP contribution in [0, 0.1) is 5.82 Å². The highest BCUT2D eigenvalue weighted by Crippen LogP contribution is 2.21. The van der Waals surface area contributed by atoms with Crippen LogP contribution in [0.4, 0.5) is 4.39 Å². The highest BCUT2D eigenvalue weighted by atomic mass is 35.5. The molecule has 138 valence electrons. The van der Waals surface area contributed by atoms with Crippen molar-refractivity contribution >= 4 is 35.1 Å². The van der Waals surface area contributed by atoms with Crippen LogP contribution in [0.15, 0.2) is 66.1 Å². The van der Waals surface area contributed by atoms with Gasteiger partial charge in [-0.15, -0.1) is 0 Å². The lowest BCUT2D eigenvalue weighted by Gasteiger charge is -2.08. The summed E-state index contributed by atoms with van der Waals surface area (Å²) in [4.78, 5) is 28.1. The molecule has 0 bridgehead atoms. The molecule has 0 spiro atoms. The molecule has 0 atom stereocenters. The number of esters is 1. The standard InChI is InChI=1S/C19H14ClFN2O3S/c20-14-6-4-13(5-7-14)17(24)11-26-18(25)12-27-19-22-8-9-23(19)16-3-1-2-15(21)10-16/h1-10H,11-12H2. The highest BCUT2D eigenvalue weighted by Gasteiger charge is 2.13. The van der Waals surface area contributed by atoms with Gasteiger partial charge in [0.05, 0.1) is 11.4 Å². The molecule has 0 N–H and O–H groups in total. The molecule has 0 unspecified atom stereocenters. The molecule has 0 radical (unpaired) electrons. The van der Waals surface area contributed by atoms with Crippen molar-refractivity contribution in [3.05, 3.63) is 77.3 Å². The van der Waals surface area contributed by atoms with Crippen molar-refractivity contribution in [1.29, 1.82) is 0 Å². The van der Waals surface area contributed by atoms with E-state index in [9.17, 15) is 14.0 Å². The van der Waals surface area contributed by atoms with Gasteiger partial charge in [-0.3, -0.25) is 14.2 Å². The monoisotopic (exact) mass is 404 g/mol. The fourth-order valence-electron chi connectivity index (χ4n) is 2.25. The van der Waals surface area contributed by atoms with Gasteiger partial charge in [0.2, 0.25) is 0 Å². The Labute approximate surface area is 164 Å². The number of nitrogens with zero attached hydrogens (tertiary/aromatic N) is 2. The van der Waals surface area contributed by atoms with Crippen molar-refractivity contribution in [1.82, 2.24) is 9.55 Å². The predicted octanol–water partition coefficient (Wildman–Crippen LogP) is 4.18. The lowest BCUT2D eigenvalue weighted by atomic mass is 10.1. The van der Waals surface area contributed by atoms with E-state index >= 15 is 0 Å². The summed E-state index contributed by atoms with van der Waals surface area (Å²) in [6.45, 7) is -0.348. The van der Waals surface area contributed by atoms with E-state index in [1.54, 1.807) is 53.4 Å². The Morgan fingerprint density at radius 3 is 2.70 bits per heavy atom. The number of imidazole rings is 1. The summed E-state index contributed by atoms with van der Waals surface area (Å²) < 4.78 is 20.1. The molecule has 0 aliphatic carbocycles. The number of carbonyl (C=O) groups is 2. The molecule has 3 rings (SSSR count). The Morgan fingerprint density at radius 1 is 1.19 bits per heavy atom. The van der Waals surface area contributed by atoms with Crippen LogP contribution in [-0.4, -0.2) is 33.7 Å². The van der Waals surface area contributed by atoms with Crippen molar-refractivity contribution in [2.75, 3.05) is 12.4 Å². The number of Topliss-reactive ketones (excluding diaryl/α,β-unsaturated/α-hetero) is 1. The number of hydrogen-bond donors (Lipinski definition) is 0. The SMILES string of the molecule is O=C(CSc1nccn1-c1cccc(F)c1)OCC(=O)c1ccc(Cl)cc1. The van der Waals surface area contributed by atoms with Gasteiger partial charge in [0.15, 0.2) is 17.5 Å². The number of rotatable bonds is 7. The fraction of sp³-hybridized carbons (Fsp3) is 0.105. The molecule has 8 heteroatoms. The maximum absolute atomic E-state index is 13.4. The first-order valence-corrected chi connectivity index (χ1v) is 9.26. The van der Waals surface area contributed by atoms with E-state index in [1.807, 2.05) is 0 Å². The third-order valence-corrected chi connectivity index (χ3v) is 4.74. The smallest absolute Gasteiger partial charge is 0.316 e. The largest absolute Gasteiger partial charge is 0.457 e. The van der Waals surface area contributed by atoms with Gasteiger partial charge in [-0.1, -0.05) is 29.4 Å². The fourth-order valence-corrected chi connectivity index (χ4v) is 3.15. The van der Waals surface area contributed by atoms with E-state index in [0.717, 1.165) is 11.8 Å². The molecule has 5 nitrogen and oxygen atoms in total. The van der Waals surface area contributed by atoms with E-state index in [2.05, 4.69) is 4.98 Å². The third-order valence-electron chi connectivity index (χ3n) is 3.54. The van der Waals surface area contributed by atoms with E-state index in [-0.39, 0.29) is 24.0 Å². The quantitative estimate of drug-likeness (QED) is 0.336. The number of aromatic nitrogens is 2. The number of benzene rings is 2. The minimum absolute atomic E-state index is 0.0276. The summed E-state index contributed by atoms with van der Waals surface area (Å²) >= 11 is 6.91. The summed E-state index contributed by atoms with van der Waals surface area (Å²) in [5.74, 6) is -1.25. The maximum atomic E-state index is 13.4. The second-order valence-electron chi connectivity index (χ2n) is 5.44. The van der Waals surface area contributed by atoms with E-state index in [4.69, 9.17) is 16.3 Å². The average Bonchev–Trinajstić information content (AvgIpc) is 3.13. The van der Waals surface area contributed by atoms with Gasteiger partial charge >= 0.3 is 5.97 Å². The average molecular weight is 405 g/mol. The van der Waals surface area contributed by atoms with Gasteiger partial charge in [-0.05, 0) is 42.5 Å². The highest BCUT2D eigenvalue weighted by molar-refractivity contribution is 7.99. The van der Waals surface area contributed by atoms with Crippen LogP contribution >= 0.6 is 23.4 Å². The van der Waals surface area contributed by atoms with Crippen LogP contribution in [0.1, 0.15) is 10.4 Å². The van der Waals surface area contributed by atoms with Crippen molar-refractivity contribution in [2.24, 2.45) is 0 Å². The van der Waals surface area contributed by atoms with Crippen molar-refractivity contribution in [3.63, 3.8) is 0 Å². The zero-order valence-electron chi connectivity index (χ0n) is 14.0. The van der Waals surface area contributed by atoms with Crippen LogP contribution in [0.5, 0.6) is 0 Å². The predicted molar refractivity (Wildman–Crippen MR) is 101 cm³/mol. The first-order chi connectivity index (χ1) is 13.0. The molecule has 0 aliphatic rings. The normalized spacial score (nSPS) is 10.6. The van der Waals surface area contributed by atoms with Gasteiger partial charge in [0.1, 0.15) is 5.82 Å². The Balaban J connectivity index is 1.53. The second kappa shape index (κ2) is 8.83. The number of thioether (sulfide) groups is 1. The minimum Gasteiger partial charge on any atom is -0.457 e. The Morgan fingerprint density at radius 2 is 1.96 bits per heavy atom. The molecule has 0 fully saturated rings. The second-order valence-corrected chi connectivity index (χ2v) is 6.82. The topological polar surface area (TPSA) is 61.2 Å². The van der Waals surface area contributed by atoms with Gasteiger partial charge in [0, 0.05) is 23.0 Å². The number of ketones is 1. The van der Waals surface area contributed by atoms with Gasteiger partial charge in [0.25, 0.3) is 0 Å². The Hall–Kier alpha value is -2.64. The van der Waals surface area contributed by atoms with Gasteiger partial charge in [-0.25, -0.2) is 9.37 Å². The summed E-state index contributed by atoms with van der Waals surface area (Å²) in [5.41, 5.74) is 1.02. The lowest BCUT2D eigenvalue weighted by molar-refractivity contribution is -0.139. The van der Waals surface area contributed by atoms with Crippen molar-refractivity contribution in [3.8, 4) is 5.69 Å². The molecular weight excluding hydrogens is 391 g/mol. The zero-order valence-corrected chi connectivity index (χ0v) is 15.5. The molecular formula is C19H14ClFN2O3S. The van der Waals surface area contributed by atoms with Crippen LogP contribution in [0.2, 0.25) is 5.02 Å². The molecule has 0 amide bonds. The summed E-state index contributed by atoms with van der Waals surface area (Å²) in [5, 5.41) is 1.04. The maximum Gasteiger partial charge on any atom is 0.316 e. The summed E-state index contributed by atoms with van der Waals surface area (Å²) in [7, 11) is 0. The first-order valence-electron chi connectivity index (χ1n) is 7.89. The molecule has 1 aromatic heterocycles. The summed E-state index contributed by atoms with van der Waals surface area (Å²) in [6, 6.07) is 12.4. The van der Waals surface area contributed by atoms with E-state index in [1.165, 1.54) is 12.1 Å². The van der Waals surface area contributed by atoms with Crippen LogP contribution < -0.4 is 0 Å².